The number of carbonyl (C=O) groups is 2. The Morgan fingerprint density at radius 3 is 2.50 bits per heavy atom. The molecule has 1 aromatic heterocycles. The van der Waals surface area contributed by atoms with Gasteiger partial charge in [-0.1, -0.05) is 18.2 Å². The number of hydrogen-bond donors (Lipinski definition) is 1. The van der Waals surface area contributed by atoms with Gasteiger partial charge in [-0.15, -0.1) is 0 Å². The van der Waals surface area contributed by atoms with Crippen LogP contribution in [0.2, 0.25) is 0 Å². The zero-order chi connectivity index (χ0) is 18.8. The number of Topliss-reactive ketones (excluding diaryl/α,β-unsaturated/α-hetero) is 1. The van der Waals surface area contributed by atoms with E-state index in [2.05, 4.69) is 4.98 Å². The topological polar surface area (TPSA) is 85.5 Å². The number of benzene rings is 1. The van der Waals surface area contributed by atoms with E-state index >= 15 is 0 Å². The normalized spacial score (nSPS) is 10.5. The lowest BCUT2D eigenvalue weighted by molar-refractivity contribution is -0.190. The molecule has 0 bridgehead atoms. The van der Waals surface area contributed by atoms with Crippen molar-refractivity contribution in [1.82, 2.24) is 10.0 Å². The minimum absolute atomic E-state index is 0.0657. The Morgan fingerprint density at radius 1 is 1.08 bits per heavy atom. The molecule has 0 aliphatic rings. The van der Waals surface area contributed by atoms with E-state index in [1.165, 1.54) is 5.06 Å². The summed E-state index contributed by atoms with van der Waals surface area (Å²) in [6.07, 6.45) is 3.11. The van der Waals surface area contributed by atoms with Gasteiger partial charge in [-0.25, -0.2) is 5.06 Å². The molecule has 0 saturated heterocycles. The second-order valence-electron chi connectivity index (χ2n) is 5.96. The Hall–Kier alpha value is -2.73. The molecule has 1 aromatic carbocycles. The van der Waals surface area contributed by atoms with Crippen LogP contribution >= 0.6 is 0 Å². The lowest BCUT2D eigenvalue weighted by Gasteiger charge is -2.19. The van der Waals surface area contributed by atoms with Gasteiger partial charge in [0.1, 0.15) is 12.4 Å². The van der Waals surface area contributed by atoms with E-state index in [1.54, 1.807) is 6.20 Å². The first-order valence-corrected chi connectivity index (χ1v) is 8.77. The highest BCUT2D eigenvalue weighted by atomic mass is 16.7. The van der Waals surface area contributed by atoms with Crippen LogP contribution < -0.4 is 5.73 Å². The summed E-state index contributed by atoms with van der Waals surface area (Å²) >= 11 is 0. The third-order valence-electron chi connectivity index (χ3n) is 3.95. The highest BCUT2D eigenvalue weighted by Crippen LogP contribution is 2.10. The molecule has 2 rings (SSSR count). The Morgan fingerprint density at radius 2 is 1.85 bits per heavy atom. The third-order valence-corrected chi connectivity index (χ3v) is 3.95. The molecule has 0 fully saturated rings. The lowest BCUT2D eigenvalue weighted by Crippen LogP contribution is -2.31. The van der Waals surface area contributed by atoms with Crippen molar-refractivity contribution in [2.45, 2.75) is 39.2 Å². The van der Waals surface area contributed by atoms with E-state index in [4.69, 9.17) is 10.6 Å². The van der Waals surface area contributed by atoms with Gasteiger partial charge in [0.25, 0.3) is 0 Å². The SMILES string of the molecule is CCN(OCc1ccccn1)C(=O)CCC(=O)CCc1ccc(N)cc1. The molecule has 0 unspecified atom stereocenters. The van der Waals surface area contributed by atoms with Gasteiger partial charge in [0.2, 0.25) is 5.91 Å². The molecule has 2 N–H and O–H groups in total. The number of nitrogens with two attached hydrogens (primary N) is 1. The zero-order valence-electron chi connectivity index (χ0n) is 15.1. The molecule has 6 nitrogen and oxygen atoms in total. The second kappa shape index (κ2) is 10.3. The molecule has 0 saturated carbocycles. The summed E-state index contributed by atoms with van der Waals surface area (Å²) in [6.45, 7) is 2.48. The van der Waals surface area contributed by atoms with Crippen molar-refractivity contribution in [3.05, 3.63) is 59.9 Å². The monoisotopic (exact) mass is 355 g/mol. The van der Waals surface area contributed by atoms with Gasteiger partial charge < -0.3 is 5.73 Å². The van der Waals surface area contributed by atoms with Crippen LogP contribution in [-0.2, 0) is 27.5 Å². The maximum atomic E-state index is 12.2. The molecule has 6 heteroatoms. The number of rotatable bonds is 10. The largest absolute Gasteiger partial charge is 0.399 e. The molecule has 0 radical (unpaired) electrons. The standard InChI is InChI=1S/C20H25N3O3/c1-2-23(26-15-18-5-3-4-14-22-18)20(25)13-12-19(24)11-8-16-6-9-17(21)10-7-16/h3-7,9-10,14H,2,8,11-13,15,21H2,1H3. The van der Waals surface area contributed by atoms with Crippen LogP contribution in [-0.4, -0.2) is 28.3 Å². The summed E-state index contributed by atoms with van der Waals surface area (Å²) in [5.41, 5.74) is 8.16. The molecule has 1 amide bonds. The summed E-state index contributed by atoms with van der Waals surface area (Å²) in [4.78, 5) is 33.9. The smallest absolute Gasteiger partial charge is 0.246 e. The first-order chi connectivity index (χ1) is 12.6. The van der Waals surface area contributed by atoms with Gasteiger partial charge in [-0.05, 0) is 43.2 Å². The number of aromatic nitrogens is 1. The summed E-state index contributed by atoms with van der Waals surface area (Å²) in [5, 5.41) is 1.29. The summed E-state index contributed by atoms with van der Waals surface area (Å²) in [6, 6.07) is 13.0. The molecule has 2 aromatic rings. The number of hydrogen-bond acceptors (Lipinski definition) is 5. The van der Waals surface area contributed by atoms with Crippen molar-refractivity contribution >= 4 is 17.4 Å². The van der Waals surface area contributed by atoms with E-state index in [1.807, 2.05) is 49.4 Å². The van der Waals surface area contributed by atoms with Crippen molar-refractivity contribution in [2.75, 3.05) is 12.3 Å². The summed E-state index contributed by atoms with van der Waals surface area (Å²) < 4.78 is 0. The lowest BCUT2D eigenvalue weighted by atomic mass is 10.0. The number of anilines is 1. The number of carbonyl (C=O) groups excluding carboxylic acids is 2. The highest BCUT2D eigenvalue weighted by Gasteiger charge is 2.15. The molecule has 0 atom stereocenters. The van der Waals surface area contributed by atoms with Crippen molar-refractivity contribution in [3.63, 3.8) is 0 Å². The van der Waals surface area contributed by atoms with Crippen LogP contribution in [0.25, 0.3) is 0 Å². The third kappa shape index (κ3) is 6.64. The Balaban J connectivity index is 1.71. The number of amides is 1. The predicted octanol–water partition coefficient (Wildman–Crippen LogP) is 2.93. The molecular formula is C20H25N3O3. The molecule has 138 valence electrons. The fraction of sp³-hybridized carbons (Fsp3) is 0.350. The number of ketones is 1. The molecule has 0 aliphatic heterocycles. The van der Waals surface area contributed by atoms with Crippen LogP contribution in [0.15, 0.2) is 48.7 Å². The average Bonchev–Trinajstić information content (AvgIpc) is 2.67. The maximum Gasteiger partial charge on any atom is 0.246 e. The quantitative estimate of drug-likeness (QED) is 0.523. The maximum absolute atomic E-state index is 12.2. The van der Waals surface area contributed by atoms with Crippen molar-refractivity contribution in [3.8, 4) is 0 Å². The van der Waals surface area contributed by atoms with E-state index in [0.29, 0.717) is 25.1 Å². The molecule has 26 heavy (non-hydrogen) atoms. The van der Waals surface area contributed by atoms with E-state index in [-0.39, 0.29) is 31.1 Å². The fourth-order valence-corrected chi connectivity index (χ4v) is 2.43. The van der Waals surface area contributed by atoms with Gasteiger partial charge in [-0.3, -0.25) is 19.4 Å². The fourth-order valence-electron chi connectivity index (χ4n) is 2.43. The van der Waals surface area contributed by atoms with E-state index in [9.17, 15) is 9.59 Å². The van der Waals surface area contributed by atoms with Gasteiger partial charge in [-0.2, -0.15) is 0 Å². The second-order valence-corrected chi connectivity index (χ2v) is 5.96. The van der Waals surface area contributed by atoms with Gasteiger partial charge >= 0.3 is 0 Å². The Kier molecular flexibility index (Phi) is 7.76. The molecule has 0 spiro atoms. The van der Waals surface area contributed by atoms with Gasteiger partial charge in [0.05, 0.1) is 5.69 Å². The minimum Gasteiger partial charge on any atom is -0.399 e. The number of pyridine rings is 1. The predicted molar refractivity (Wildman–Crippen MR) is 99.8 cm³/mol. The van der Waals surface area contributed by atoms with Crippen LogP contribution in [0.3, 0.4) is 0 Å². The first kappa shape index (κ1) is 19.6. The highest BCUT2D eigenvalue weighted by molar-refractivity contribution is 5.84. The van der Waals surface area contributed by atoms with Crippen molar-refractivity contribution in [2.24, 2.45) is 0 Å². The average molecular weight is 355 g/mol. The van der Waals surface area contributed by atoms with E-state index < -0.39 is 0 Å². The molecular weight excluding hydrogens is 330 g/mol. The first-order valence-electron chi connectivity index (χ1n) is 8.77. The van der Waals surface area contributed by atoms with E-state index in [0.717, 1.165) is 11.3 Å². The van der Waals surface area contributed by atoms with Crippen LogP contribution in [0.5, 0.6) is 0 Å². The van der Waals surface area contributed by atoms with Crippen LogP contribution in [0.4, 0.5) is 5.69 Å². The van der Waals surface area contributed by atoms with Gasteiger partial charge in [0, 0.05) is 37.7 Å². The number of hydroxylamine groups is 2. The molecule has 0 aliphatic carbocycles. The van der Waals surface area contributed by atoms with Crippen LogP contribution in [0, 0.1) is 0 Å². The van der Waals surface area contributed by atoms with Crippen LogP contribution in [0.1, 0.15) is 37.4 Å². The number of nitrogens with zero attached hydrogens (tertiary/aromatic N) is 2. The van der Waals surface area contributed by atoms with Crippen molar-refractivity contribution in [1.29, 1.82) is 0 Å². The van der Waals surface area contributed by atoms with Crippen molar-refractivity contribution < 1.29 is 14.4 Å². The Bertz CT molecular complexity index is 702. The summed E-state index contributed by atoms with van der Waals surface area (Å²) in [5.74, 6) is -0.125. The molecule has 1 heterocycles. The zero-order valence-corrected chi connectivity index (χ0v) is 15.1. The number of nitrogen functional groups attached to an aromatic ring is 1. The minimum atomic E-state index is -0.190. The summed E-state index contributed by atoms with van der Waals surface area (Å²) in [7, 11) is 0. The number of aryl methyl sites for hydroxylation is 1. The van der Waals surface area contributed by atoms with Gasteiger partial charge in [0.15, 0.2) is 0 Å². The Labute approximate surface area is 153 Å².